The molecule has 0 spiro atoms. The smallest absolute Gasteiger partial charge is 0.175 e. The molecule has 2 aliphatic rings. The zero-order valence-corrected chi connectivity index (χ0v) is 15.1. The quantitative estimate of drug-likeness (QED) is 0.736. The summed E-state index contributed by atoms with van der Waals surface area (Å²) in [6.07, 6.45) is 4.14. The molecule has 2 saturated heterocycles. The van der Waals surface area contributed by atoms with Gasteiger partial charge in [-0.3, -0.25) is 10.6 Å². The van der Waals surface area contributed by atoms with Gasteiger partial charge in [0.05, 0.1) is 11.1 Å². The summed E-state index contributed by atoms with van der Waals surface area (Å²) < 4.78 is 23.1. The zero-order valence-electron chi connectivity index (χ0n) is 13.4. The Morgan fingerprint density at radius 2 is 2.04 bits per heavy atom. The second kappa shape index (κ2) is 7.53. The van der Waals surface area contributed by atoms with Crippen LogP contribution in [0.5, 0.6) is 0 Å². The molecule has 5 nitrogen and oxygen atoms in total. The molecule has 0 aromatic heterocycles. The van der Waals surface area contributed by atoms with E-state index >= 15 is 0 Å². The predicted octanol–water partition coefficient (Wildman–Crippen LogP) is 1.14. The van der Waals surface area contributed by atoms with Gasteiger partial charge in [0.25, 0.3) is 0 Å². The van der Waals surface area contributed by atoms with Crippen LogP contribution in [0.15, 0.2) is 29.2 Å². The summed E-state index contributed by atoms with van der Waals surface area (Å²) in [6.45, 7) is 2.81. The van der Waals surface area contributed by atoms with Crippen molar-refractivity contribution in [1.29, 1.82) is 0 Å². The summed E-state index contributed by atoms with van der Waals surface area (Å²) in [5.74, 6) is 1.29. The lowest BCUT2D eigenvalue weighted by molar-refractivity contribution is 0.301. The molecule has 0 radical (unpaired) electrons. The summed E-state index contributed by atoms with van der Waals surface area (Å²) in [7, 11) is -3.13. The fourth-order valence-corrected chi connectivity index (χ4v) is 4.95. The van der Waals surface area contributed by atoms with E-state index in [1.807, 2.05) is 12.1 Å². The average molecular weight is 356 g/mol. The average Bonchev–Trinajstić information content (AvgIpc) is 3.06. The highest BCUT2D eigenvalue weighted by atomic mass is 32.2. The molecule has 3 rings (SSSR count). The van der Waals surface area contributed by atoms with Crippen molar-refractivity contribution >= 4 is 21.6 Å². The van der Waals surface area contributed by atoms with E-state index in [0.717, 1.165) is 30.4 Å². The first-order valence-electron chi connectivity index (χ1n) is 8.14. The number of sulfone groups is 1. The van der Waals surface area contributed by atoms with Crippen LogP contribution < -0.4 is 16.0 Å². The third-order valence-corrected chi connectivity index (χ3v) is 6.95. The molecule has 3 N–H and O–H groups in total. The Balaban J connectivity index is 1.57. The lowest BCUT2D eigenvalue weighted by Gasteiger charge is -2.33. The molecule has 2 fully saturated rings. The van der Waals surface area contributed by atoms with E-state index in [-0.39, 0.29) is 12.2 Å². The summed E-state index contributed by atoms with van der Waals surface area (Å²) in [6, 6.07) is 7.40. The van der Waals surface area contributed by atoms with Crippen LogP contribution in [0.1, 0.15) is 24.4 Å². The highest BCUT2D eigenvalue weighted by Gasteiger charge is 2.23. The van der Waals surface area contributed by atoms with E-state index in [9.17, 15) is 8.42 Å². The minimum absolute atomic E-state index is 0.200. The van der Waals surface area contributed by atoms with Crippen LogP contribution >= 0.6 is 11.8 Å². The maximum absolute atomic E-state index is 11.5. The van der Waals surface area contributed by atoms with Crippen LogP contribution in [-0.4, -0.2) is 51.5 Å². The lowest BCUT2D eigenvalue weighted by atomic mass is 10.0. The van der Waals surface area contributed by atoms with Crippen molar-refractivity contribution in [2.75, 3.05) is 31.6 Å². The Morgan fingerprint density at radius 3 is 2.70 bits per heavy atom. The molecule has 0 bridgehead atoms. The number of benzene rings is 1. The summed E-state index contributed by atoms with van der Waals surface area (Å²) in [5, 5.41) is 11.4. The molecule has 2 aliphatic heterocycles. The van der Waals surface area contributed by atoms with Gasteiger partial charge in [0.15, 0.2) is 9.84 Å². The third-order valence-electron chi connectivity index (χ3n) is 4.43. The maximum atomic E-state index is 11.5. The van der Waals surface area contributed by atoms with Crippen LogP contribution in [0.3, 0.4) is 0 Å². The molecule has 1 aromatic carbocycles. The van der Waals surface area contributed by atoms with Crippen LogP contribution in [0, 0.1) is 0 Å². The minimum Gasteiger partial charge on any atom is -0.312 e. The van der Waals surface area contributed by atoms with Gasteiger partial charge in [-0.15, -0.1) is 0 Å². The number of piperazine rings is 1. The monoisotopic (exact) mass is 355 g/mol. The van der Waals surface area contributed by atoms with Gasteiger partial charge in [-0.05, 0) is 36.3 Å². The molecule has 0 saturated carbocycles. The first-order chi connectivity index (χ1) is 11.0. The molecule has 2 unspecified atom stereocenters. The van der Waals surface area contributed by atoms with Gasteiger partial charge in [-0.2, -0.15) is 11.8 Å². The van der Waals surface area contributed by atoms with Crippen molar-refractivity contribution in [3.8, 4) is 0 Å². The molecule has 23 heavy (non-hydrogen) atoms. The standard InChI is InChI=1S/C16H25N3O2S2/c1-23(20,21)14-6-4-12(5-7-14)15-10-17-11-16(19-15)18-9-13-3-2-8-22-13/h4-7,13,15-19H,2-3,8-11H2,1H3/t13-,15?,16?/m0/s1. The van der Waals surface area contributed by atoms with E-state index < -0.39 is 9.84 Å². The Bertz CT molecular complexity index is 613. The number of thioether (sulfide) groups is 1. The molecule has 3 atom stereocenters. The molecule has 128 valence electrons. The van der Waals surface area contributed by atoms with Gasteiger partial charge in [0.2, 0.25) is 0 Å². The minimum atomic E-state index is -3.13. The molecule has 1 aromatic rings. The molecule has 7 heteroatoms. The van der Waals surface area contributed by atoms with Gasteiger partial charge >= 0.3 is 0 Å². The highest BCUT2D eigenvalue weighted by Crippen LogP contribution is 2.25. The van der Waals surface area contributed by atoms with Crippen molar-refractivity contribution in [2.24, 2.45) is 0 Å². The van der Waals surface area contributed by atoms with Crippen LogP contribution in [-0.2, 0) is 9.84 Å². The first kappa shape index (κ1) is 17.2. The normalized spacial score (nSPS) is 28.8. The van der Waals surface area contributed by atoms with Crippen molar-refractivity contribution in [1.82, 2.24) is 16.0 Å². The second-order valence-corrected chi connectivity index (χ2v) is 9.74. The largest absolute Gasteiger partial charge is 0.312 e. The first-order valence-corrected chi connectivity index (χ1v) is 11.1. The van der Waals surface area contributed by atoms with Crippen molar-refractivity contribution in [3.63, 3.8) is 0 Å². The van der Waals surface area contributed by atoms with Crippen LogP contribution in [0.2, 0.25) is 0 Å². The number of rotatable bonds is 5. The Morgan fingerprint density at radius 1 is 1.26 bits per heavy atom. The van der Waals surface area contributed by atoms with E-state index in [1.54, 1.807) is 12.1 Å². The van der Waals surface area contributed by atoms with Gasteiger partial charge in [-0.1, -0.05) is 12.1 Å². The van der Waals surface area contributed by atoms with E-state index in [0.29, 0.717) is 4.90 Å². The second-order valence-electron chi connectivity index (χ2n) is 6.31. The van der Waals surface area contributed by atoms with Gasteiger partial charge in [0.1, 0.15) is 0 Å². The van der Waals surface area contributed by atoms with Gasteiger partial charge in [-0.25, -0.2) is 8.42 Å². The van der Waals surface area contributed by atoms with E-state index in [4.69, 9.17) is 0 Å². The Kier molecular flexibility index (Phi) is 5.64. The number of nitrogens with one attached hydrogen (secondary N) is 3. The molecule has 2 heterocycles. The van der Waals surface area contributed by atoms with Crippen molar-refractivity contribution in [3.05, 3.63) is 29.8 Å². The summed E-state index contributed by atoms with van der Waals surface area (Å²) >= 11 is 2.06. The van der Waals surface area contributed by atoms with Crippen LogP contribution in [0.4, 0.5) is 0 Å². The van der Waals surface area contributed by atoms with Gasteiger partial charge in [0, 0.05) is 37.2 Å². The predicted molar refractivity (Wildman–Crippen MR) is 95.6 cm³/mol. The Labute approximate surface area is 142 Å². The lowest BCUT2D eigenvalue weighted by Crippen LogP contribution is -2.57. The van der Waals surface area contributed by atoms with E-state index in [1.165, 1.54) is 24.9 Å². The Hall–Kier alpha value is -0.600. The number of hydrogen-bond acceptors (Lipinski definition) is 6. The van der Waals surface area contributed by atoms with E-state index in [2.05, 4.69) is 27.7 Å². The SMILES string of the molecule is CS(=O)(=O)c1ccc(C2CNCC(NC[C@@H]3CCCS3)N2)cc1. The number of hydrogen-bond donors (Lipinski definition) is 3. The zero-order chi connectivity index (χ0) is 16.3. The highest BCUT2D eigenvalue weighted by molar-refractivity contribution is 8.00. The van der Waals surface area contributed by atoms with Gasteiger partial charge < -0.3 is 5.32 Å². The molecular weight excluding hydrogens is 330 g/mol. The summed E-state index contributed by atoms with van der Waals surface area (Å²) in [5.41, 5.74) is 1.12. The topological polar surface area (TPSA) is 70.2 Å². The summed E-state index contributed by atoms with van der Waals surface area (Å²) in [4.78, 5) is 0.373. The third kappa shape index (κ3) is 4.70. The molecular formula is C16H25N3O2S2. The fraction of sp³-hybridized carbons (Fsp3) is 0.625. The molecule has 0 amide bonds. The van der Waals surface area contributed by atoms with Crippen molar-refractivity contribution in [2.45, 2.75) is 35.2 Å². The maximum Gasteiger partial charge on any atom is 0.175 e. The fourth-order valence-electron chi connectivity index (χ4n) is 3.10. The van der Waals surface area contributed by atoms with Crippen LogP contribution in [0.25, 0.3) is 0 Å². The van der Waals surface area contributed by atoms with Crippen molar-refractivity contribution < 1.29 is 8.42 Å². The molecule has 0 aliphatic carbocycles.